The first-order chi connectivity index (χ1) is 11.7. The van der Waals surface area contributed by atoms with Crippen molar-refractivity contribution < 1.29 is 9.47 Å². The van der Waals surface area contributed by atoms with Crippen molar-refractivity contribution in [2.24, 2.45) is 4.99 Å². The second kappa shape index (κ2) is 11.9. The van der Waals surface area contributed by atoms with E-state index in [1.807, 2.05) is 12.1 Å². The largest absolute Gasteiger partial charge is 0.385 e. The summed E-state index contributed by atoms with van der Waals surface area (Å²) in [6.45, 7) is 3.93. The van der Waals surface area contributed by atoms with Gasteiger partial charge >= 0.3 is 0 Å². The van der Waals surface area contributed by atoms with Crippen LogP contribution in [-0.2, 0) is 14.9 Å². The van der Waals surface area contributed by atoms with Gasteiger partial charge in [-0.05, 0) is 37.0 Å². The average Bonchev–Trinajstić information content (AvgIpc) is 2.62. The molecule has 2 rings (SSSR count). The van der Waals surface area contributed by atoms with Gasteiger partial charge < -0.3 is 20.1 Å². The molecule has 0 aromatic heterocycles. The van der Waals surface area contributed by atoms with Crippen LogP contribution in [-0.4, -0.2) is 53.0 Å². The highest BCUT2D eigenvalue weighted by atomic mass is 127. The highest BCUT2D eigenvalue weighted by molar-refractivity contribution is 14.0. The minimum atomic E-state index is 0. The van der Waals surface area contributed by atoms with Gasteiger partial charge in [-0.2, -0.15) is 0 Å². The third-order valence-electron chi connectivity index (χ3n) is 4.52. The third kappa shape index (κ3) is 6.92. The maximum Gasteiger partial charge on any atom is 0.191 e. The standard InChI is InChI=1S/C18H28ClN3O2.HI/c1-20-17(21-9-4-10-23-2)22-14-18(7-11-24-12-8-18)15-5-3-6-16(19)13-15;/h3,5-6,13H,4,7-12,14H2,1-2H3,(H2,20,21,22);1H. The molecule has 1 saturated heterocycles. The van der Waals surface area contributed by atoms with Crippen LogP contribution in [0.15, 0.2) is 29.3 Å². The Kier molecular flexibility index (Phi) is 10.7. The lowest BCUT2D eigenvalue weighted by Gasteiger charge is -2.38. The van der Waals surface area contributed by atoms with Gasteiger partial charge in [0, 0.05) is 57.5 Å². The van der Waals surface area contributed by atoms with Crippen LogP contribution in [0.5, 0.6) is 0 Å². The van der Waals surface area contributed by atoms with Crippen LogP contribution in [0.25, 0.3) is 0 Å². The fourth-order valence-corrected chi connectivity index (χ4v) is 3.24. The summed E-state index contributed by atoms with van der Waals surface area (Å²) in [4.78, 5) is 4.31. The number of benzene rings is 1. The summed E-state index contributed by atoms with van der Waals surface area (Å²) in [6, 6.07) is 8.17. The Bertz CT molecular complexity index is 537. The van der Waals surface area contributed by atoms with Crippen molar-refractivity contribution in [1.29, 1.82) is 0 Å². The molecule has 142 valence electrons. The van der Waals surface area contributed by atoms with Gasteiger partial charge in [0.2, 0.25) is 0 Å². The smallest absolute Gasteiger partial charge is 0.191 e. The van der Waals surface area contributed by atoms with E-state index < -0.39 is 0 Å². The molecule has 1 aliphatic heterocycles. The Morgan fingerprint density at radius 1 is 1.32 bits per heavy atom. The summed E-state index contributed by atoms with van der Waals surface area (Å²) in [5.74, 6) is 0.819. The molecule has 0 aliphatic carbocycles. The summed E-state index contributed by atoms with van der Waals surface area (Å²) >= 11 is 6.21. The Morgan fingerprint density at radius 2 is 2.08 bits per heavy atom. The fourth-order valence-electron chi connectivity index (χ4n) is 3.04. The number of methoxy groups -OCH3 is 1. The average molecular weight is 482 g/mol. The van der Waals surface area contributed by atoms with Gasteiger partial charge in [0.15, 0.2) is 5.96 Å². The molecule has 1 aromatic carbocycles. The van der Waals surface area contributed by atoms with Crippen LogP contribution < -0.4 is 10.6 Å². The van der Waals surface area contributed by atoms with Gasteiger partial charge in [0.25, 0.3) is 0 Å². The van der Waals surface area contributed by atoms with E-state index in [0.29, 0.717) is 0 Å². The zero-order valence-electron chi connectivity index (χ0n) is 15.0. The van der Waals surface area contributed by atoms with Crippen LogP contribution in [0.2, 0.25) is 5.02 Å². The second-order valence-corrected chi connectivity index (χ2v) is 6.54. The quantitative estimate of drug-likeness (QED) is 0.272. The molecule has 0 atom stereocenters. The Hall–Kier alpha value is -0.570. The maximum atomic E-state index is 6.21. The molecule has 1 aromatic rings. The highest BCUT2D eigenvalue weighted by Crippen LogP contribution is 2.35. The third-order valence-corrected chi connectivity index (χ3v) is 4.76. The molecular formula is C18H29ClIN3O2. The van der Waals surface area contributed by atoms with E-state index in [4.69, 9.17) is 21.1 Å². The van der Waals surface area contributed by atoms with E-state index in [0.717, 1.165) is 63.2 Å². The van der Waals surface area contributed by atoms with E-state index in [9.17, 15) is 0 Å². The highest BCUT2D eigenvalue weighted by Gasteiger charge is 2.34. The molecule has 0 spiro atoms. The fraction of sp³-hybridized carbons (Fsp3) is 0.611. The Labute approximate surface area is 172 Å². The van der Waals surface area contributed by atoms with Gasteiger partial charge in [-0.1, -0.05) is 23.7 Å². The lowest BCUT2D eigenvalue weighted by Crippen LogP contribution is -2.48. The predicted molar refractivity (Wildman–Crippen MR) is 114 cm³/mol. The van der Waals surface area contributed by atoms with Crippen molar-refractivity contribution in [3.8, 4) is 0 Å². The van der Waals surface area contributed by atoms with Crippen molar-refractivity contribution in [3.05, 3.63) is 34.9 Å². The molecule has 0 unspecified atom stereocenters. The van der Waals surface area contributed by atoms with Crippen LogP contribution in [0.3, 0.4) is 0 Å². The molecule has 25 heavy (non-hydrogen) atoms. The van der Waals surface area contributed by atoms with Gasteiger partial charge in [-0.15, -0.1) is 24.0 Å². The number of aliphatic imine (C=N–C) groups is 1. The number of nitrogens with zero attached hydrogens (tertiary/aromatic N) is 1. The Morgan fingerprint density at radius 3 is 2.72 bits per heavy atom. The number of hydrogen-bond donors (Lipinski definition) is 2. The maximum absolute atomic E-state index is 6.21. The number of rotatable bonds is 7. The molecule has 7 heteroatoms. The Balaban J connectivity index is 0.00000312. The summed E-state index contributed by atoms with van der Waals surface area (Å²) < 4.78 is 10.7. The SMILES string of the molecule is CN=C(NCCCOC)NCC1(c2cccc(Cl)c2)CCOCC1.I. The van der Waals surface area contributed by atoms with Crippen LogP contribution in [0, 0.1) is 0 Å². The first-order valence-electron chi connectivity index (χ1n) is 8.47. The van der Waals surface area contributed by atoms with E-state index in [-0.39, 0.29) is 29.4 Å². The summed E-state index contributed by atoms with van der Waals surface area (Å²) in [6.07, 6.45) is 2.90. The zero-order valence-corrected chi connectivity index (χ0v) is 18.1. The minimum absolute atomic E-state index is 0. The first kappa shape index (κ1) is 22.5. The van der Waals surface area contributed by atoms with Crippen LogP contribution in [0.1, 0.15) is 24.8 Å². The van der Waals surface area contributed by atoms with E-state index in [2.05, 4.69) is 27.8 Å². The molecule has 5 nitrogen and oxygen atoms in total. The van der Waals surface area contributed by atoms with E-state index in [1.165, 1.54) is 5.56 Å². The molecule has 0 saturated carbocycles. The van der Waals surface area contributed by atoms with Gasteiger partial charge in [-0.25, -0.2) is 0 Å². The monoisotopic (exact) mass is 481 g/mol. The van der Waals surface area contributed by atoms with Crippen molar-refractivity contribution in [1.82, 2.24) is 10.6 Å². The lowest BCUT2D eigenvalue weighted by atomic mass is 9.74. The van der Waals surface area contributed by atoms with E-state index in [1.54, 1.807) is 14.2 Å². The molecule has 0 amide bonds. The van der Waals surface area contributed by atoms with Crippen LogP contribution in [0.4, 0.5) is 0 Å². The molecule has 1 heterocycles. The zero-order chi connectivity index (χ0) is 17.3. The molecule has 0 radical (unpaired) electrons. The molecular weight excluding hydrogens is 453 g/mol. The van der Waals surface area contributed by atoms with Gasteiger partial charge in [0.05, 0.1) is 0 Å². The van der Waals surface area contributed by atoms with Crippen molar-refractivity contribution in [3.63, 3.8) is 0 Å². The number of guanidine groups is 1. The summed E-state index contributed by atoms with van der Waals surface area (Å²) in [5, 5.41) is 7.58. The topological polar surface area (TPSA) is 54.9 Å². The van der Waals surface area contributed by atoms with E-state index >= 15 is 0 Å². The molecule has 0 bridgehead atoms. The number of nitrogens with one attached hydrogen (secondary N) is 2. The number of ether oxygens (including phenoxy) is 2. The van der Waals surface area contributed by atoms with Crippen molar-refractivity contribution in [2.45, 2.75) is 24.7 Å². The first-order valence-corrected chi connectivity index (χ1v) is 8.85. The summed E-state index contributed by atoms with van der Waals surface area (Å²) in [5.41, 5.74) is 1.29. The number of hydrogen-bond acceptors (Lipinski definition) is 3. The predicted octanol–water partition coefficient (Wildman–Crippen LogP) is 3.21. The minimum Gasteiger partial charge on any atom is -0.385 e. The van der Waals surface area contributed by atoms with Crippen LogP contribution >= 0.6 is 35.6 Å². The normalized spacial score (nSPS) is 16.8. The lowest BCUT2D eigenvalue weighted by molar-refractivity contribution is 0.0514. The summed E-state index contributed by atoms with van der Waals surface area (Å²) in [7, 11) is 3.51. The number of halogens is 2. The molecule has 2 N–H and O–H groups in total. The van der Waals surface area contributed by atoms with Crippen molar-refractivity contribution in [2.75, 3.05) is 47.1 Å². The van der Waals surface area contributed by atoms with Gasteiger partial charge in [-0.3, -0.25) is 4.99 Å². The second-order valence-electron chi connectivity index (χ2n) is 6.10. The molecule has 1 aliphatic rings. The van der Waals surface area contributed by atoms with Crippen molar-refractivity contribution >= 4 is 41.5 Å². The molecule has 1 fully saturated rings. The van der Waals surface area contributed by atoms with Gasteiger partial charge in [0.1, 0.15) is 0 Å².